The van der Waals surface area contributed by atoms with Crippen LogP contribution in [0.1, 0.15) is 39.7 Å². The van der Waals surface area contributed by atoms with Crippen molar-refractivity contribution in [2.24, 2.45) is 5.92 Å². The Labute approximate surface area is 97.6 Å². The first-order valence-electron chi connectivity index (χ1n) is 5.78. The number of esters is 1. The maximum Gasteiger partial charge on any atom is 0.303 e. The molecule has 1 aromatic carbocycles. The molecule has 0 N–H and O–H groups in total. The summed E-state index contributed by atoms with van der Waals surface area (Å²) in [6.45, 7) is 7.69. The summed E-state index contributed by atoms with van der Waals surface area (Å²) in [6.07, 6.45) is 0.786. The van der Waals surface area contributed by atoms with Crippen LogP contribution in [0.4, 0.5) is 0 Å². The minimum absolute atomic E-state index is 0.223. The molecule has 0 aliphatic carbocycles. The molecular weight excluding hydrogens is 200 g/mol. The zero-order valence-electron chi connectivity index (χ0n) is 10.5. The lowest BCUT2D eigenvalue weighted by Gasteiger charge is -2.36. The number of carbonyl (C=O) groups is 1. The minimum Gasteiger partial charge on any atom is -0.454 e. The van der Waals surface area contributed by atoms with E-state index < -0.39 is 5.60 Å². The fourth-order valence-electron chi connectivity index (χ4n) is 2.17. The van der Waals surface area contributed by atoms with Crippen LogP contribution in [0.5, 0.6) is 0 Å². The predicted octanol–water partition coefficient (Wildman–Crippen LogP) is 3.51. The van der Waals surface area contributed by atoms with Crippen LogP contribution in [0.3, 0.4) is 0 Å². The quantitative estimate of drug-likeness (QED) is 0.726. The van der Waals surface area contributed by atoms with Crippen molar-refractivity contribution in [3.05, 3.63) is 35.9 Å². The van der Waals surface area contributed by atoms with Crippen molar-refractivity contribution >= 4 is 5.97 Å². The maximum absolute atomic E-state index is 11.3. The zero-order valence-corrected chi connectivity index (χ0v) is 10.5. The number of rotatable bonds is 4. The Morgan fingerprint density at radius 3 is 2.25 bits per heavy atom. The van der Waals surface area contributed by atoms with Gasteiger partial charge in [-0.3, -0.25) is 4.79 Å². The van der Waals surface area contributed by atoms with E-state index in [-0.39, 0.29) is 11.9 Å². The second kappa shape index (κ2) is 5.15. The van der Waals surface area contributed by atoms with Gasteiger partial charge in [0.2, 0.25) is 0 Å². The molecule has 88 valence electrons. The third-order valence-corrected chi connectivity index (χ3v) is 3.05. The summed E-state index contributed by atoms with van der Waals surface area (Å²) in [5, 5.41) is 0. The summed E-state index contributed by atoms with van der Waals surface area (Å²) in [5.41, 5.74) is 0.579. The van der Waals surface area contributed by atoms with Gasteiger partial charge in [-0.2, -0.15) is 0 Å². The van der Waals surface area contributed by atoms with Gasteiger partial charge in [-0.1, -0.05) is 51.1 Å². The molecule has 0 saturated carbocycles. The van der Waals surface area contributed by atoms with Crippen molar-refractivity contribution in [3.63, 3.8) is 0 Å². The monoisotopic (exact) mass is 220 g/mol. The van der Waals surface area contributed by atoms with Gasteiger partial charge in [0.15, 0.2) is 0 Å². The summed E-state index contributed by atoms with van der Waals surface area (Å²) >= 11 is 0. The molecule has 0 bridgehead atoms. The SMILES string of the molecule is CCC(OC(C)=O)(c1ccccc1)C(C)C. The number of carbonyl (C=O) groups excluding carboxylic acids is 1. The number of hydrogen-bond donors (Lipinski definition) is 0. The molecule has 0 aliphatic rings. The average molecular weight is 220 g/mol. The normalized spacial score (nSPS) is 14.6. The van der Waals surface area contributed by atoms with E-state index in [4.69, 9.17) is 4.74 Å². The van der Waals surface area contributed by atoms with Crippen LogP contribution in [0, 0.1) is 5.92 Å². The molecule has 0 spiro atoms. The van der Waals surface area contributed by atoms with E-state index >= 15 is 0 Å². The highest BCUT2D eigenvalue weighted by atomic mass is 16.6. The Hall–Kier alpha value is -1.31. The summed E-state index contributed by atoms with van der Waals surface area (Å²) in [6, 6.07) is 9.97. The Bertz CT molecular complexity index is 343. The summed E-state index contributed by atoms with van der Waals surface area (Å²) in [4.78, 5) is 11.3. The first-order valence-corrected chi connectivity index (χ1v) is 5.78. The maximum atomic E-state index is 11.3. The molecule has 1 rings (SSSR count). The fraction of sp³-hybridized carbons (Fsp3) is 0.500. The van der Waals surface area contributed by atoms with Crippen LogP contribution in [-0.4, -0.2) is 5.97 Å². The van der Waals surface area contributed by atoms with E-state index in [2.05, 4.69) is 20.8 Å². The second-order valence-corrected chi connectivity index (χ2v) is 4.36. The van der Waals surface area contributed by atoms with E-state index in [0.29, 0.717) is 0 Å². The predicted molar refractivity (Wildman–Crippen MR) is 65.0 cm³/mol. The Balaban J connectivity index is 3.17. The van der Waals surface area contributed by atoms with Crippen LogP contribution in [0.15, 0.2) is 30.3 Å². The third-order valence-electron chi connectivity index (χ3n) is 3.05. The lowest BCUT2D eigenvalue weighted by atomic mass is 9.81. The van der Waals surface area contributed by atoms with Gasteiger partial charge in [-0.15, -0.1) is 0 Å². The Morgan fingerprint density at radius 2 is 1.88 bits per heavy atom. The molecule has 0 saturated heterocycles. The lowest BCUT2D eigenvalue weighted by Crippen LogP contribution is -2.36. The largest absolute Gasteiger partial charge is 0.454 e. The number of ether oxygens (including phenoxy) is 1. The first kappa shape index (κ1) is 12.8. The molecule has 0 radical (unpaired) electrons. The first-order chi connectivity index (χ1) is 7.53. The molecule has 2 heteroatoms. The van der Waals surface area contributed by atoms with Crippen LogP contribution >= 0.6 is 0 Å². The topological polar surface area (TPSA) is 26.3 Å². The lowest BCUT2D eigenvalue weighted by molar-refractivity contribution is -0.164. The van der Waals surface area contributed by atoms with Crippen LogP contribution < -0.4 is 0 Å². The van der Waals surface area contributed by atoms with Gasteiger partial charge in [0, 0.05) is 6.92 Å². The van der Waals surface area contributed by atoms with Crippen LogP contribution in [0.2, 0.25) is 0 Å². The molecule has 0 fully saturated rings. The molecule has 1 aromatic rings. The molecule has 2 nitrogen and oxygen atoms in total. The van der Waals surface area contributed by atoms with Crippen molar-refractivity contribution in [1.82, 2.24) is 0 Å². The molecule has 16 heavy (non-hydrogen) atoms. The van der Waals surface area contributed by atoms with Crippen molar-refractivity contribution < 1.29 is 9.53 Å². The summed E-state index contributed by atoms with van der Waals surface area (Å²) < 4.78 is 5.60. The molecule has 0 heterocycles. The molecule has 0 aliphatic heterocycles. The van der Waals surface area contributed by atoms with Crippen molar-refractivity contribution in [1.29, 1.82) is 0 Å². The smallest absolute Gasteiger partial charge is 0.303 e. The van der Waals surface area contributed by atoms with E-state index in [1.54, 1.807) is 0 Å². The molecule has 0 amide bonds. The molecular formula is C14H20O2. The highest BCUT2D eigenvalue weighted by Gasteiger charge is 2.37. The van der Waals surface area contributed by atoms with Gasteiger partial charge in [0.05, 0.1) is 0 Å². The van der Waals surface area contributed by atoms with E-state index in [9.17, 15) is 4.79 Å². The van der Waals surface area contributed by atoms with E-state index in [1.165, 1.54) is 6.92 Å². The van der Waals surface area contributed by atoms with Gasteiger partial charge in [0.1, 0.15) is 5.60 Å². The Morgan fingerprint density at radius 1 is 1.31 bits per heavy atom. The highest BCUT2D eigenvalue weighted by molar-refractivity contribution is 5.67. The van der Waals surface area contributed by atoms with Crippen LogP contribution in [-0.2, 0) is 15.1 Å². The summed E-state index contributed by atoms with van der Waals surface area (Å²) in [7, 11) is 0. The van der Waals surface area contributed by atoms with Gasteiger partial charge in [-0.05, 0) is 17.9 Å². The second-order valence-electron chi connectivity index (χ2n) is 4.36. The van der Waals surface area contributed by atoms with Crippen molar-refractivity contribution in [2.75, 3.05) is 0 Å². The molecule has 1 atom stereocenters. The third kappa shape index (κ3) is 2.43. The van der Waals surface area contributed by atoms with Gasteiger partial charge in [-0.25, -0.2) is 0 Å². The van der Waals surface area contributed by atoms with E-state index in [1.807, 2.05) is 30.3 Å². The van der Waals surface area contributed by atoms with Crippen molar-refractivity contribution in [3.8, 4) is 0 Å². The number of hydrogen-bond acceptors (Lipinski definition) is 2. The number of benzene rings is 1. The highest BCUT2D eigenvalue weighted by Crippen LogP contribution is 2.37. The zero-order chi connectivity index (χ0) is 12.2. The van der Waals surface area contributed by atoms with Crippen LogP contribution in [0.25, 0.3) is 0 Å². The van der Waals surface area contributed by atoms with E-state index in [0.717, 1.165) is 12.0 Å². The standard InChI is InChI=1S/C14H20O2/c1-5-14(11(2)3,16-12(4)15)13-9-7-6-8-10-13/h6-11H,5H2,1-4H3. The molecule has 0 aromatic heterocycles. The van der Waals surface area contributed by atoms with Gasteiger partial charge < -0.3 is 4.74 Å². The average Bonchev–Trinajstić information content (AvgIpc) is 2.26. The van der Waals surface area contributed by atoms with Gasteiger partial charge >= 0.3 is 5.97 Å². The molecule has 1 unspecified atom stereocenters. The summed E-state index contributed by atoms with van der Waals surface area (Å²) in [5.74, 6) is 0.0307. The minimum atomic E-state index is -0.493. The van der Waals surface area contributed by atoms with Gasteiger partial charge in [0.25, 0.3) is 0 Å². The Kier molecular flexibility index (Phi) is 4.11. The van der Waals surface area contributed by atoms with Crippen molar-refractivity contribution in [2.45, 2.75) is 39.7 Å². The fourth-order valence-corrected chi connectivity index (χ4v) is 2.17.